The highest BCUT2D eigenvalue weighted by Crippen LogP contribution is 2.11. The van der Waals surface area contributed by atoms with E-state index in [0.29, 0.717) is 6.42 Å². The first-order chi connectivity index (χ1) is 6.74. The van der Waals surface area contributed by atoms with Crippen molar-refractivity contribution in [2.24, 2.45) is 0 Å². The largest absolute Gasteiger partial charge is 0.396 e. The van der Waals surface area contributed by atoms with Gasteiger partial charge in [-0.25, -0.2) is 4.39 Å². The maximum atomic E-state index is 12.9. The van der Waals surface area contributed by atoms with Gasteiger partial charge >= 0.3 is 0 Å². The van der Waals surface area contributed by atoms with Crippen LogP contribution in [0.25, 0.3) is 0 Å². The molecule has 0 unspecified atom stereocenters. The molecule has 0 aliphatic carbocycles. The van der Waals surface area contributed by atoms with Crippen LogP contribution in [0.5, 0.6) is 0 Å². The Morgan fingerprint density at radius 2 is 2.43 bits per heavy atom. The van der Waals surface area contributed by atoms with Crippen molar-refractivity contribution >= 4 is 11.6 Å². The Bertz CT molecular complexity index is 317. The summed E-state index contributed by atoms with van der Waals surface area (Å²) in [6.45, 7) is -0.0494. The smallest absolute Gasteiger partial charge is 0.224 e. The van der Waals surface area contributed by atoms with E-state index in [1.54, 1.807) is 0 Å². The molecule has 0 aliphatic rings. The van der Waals surface area contributed by atoms with E-state index in [-0.39, 0.29) is 24.6 Å². The number of aliphatic hydroxyl groups is 1. The number of hydrogen-bond acceptors (Lipinski definition) is 3. The van der Waals surface area contributed by atoms with Gasteiger partial charge in [0.15, 0.2) is 5.82 Å². The summed E-state index contributed by atoms with van der Waals surface area (Å²) in [7, 11) is 0. The van der Waals surface area contributed by atoms with E-state index in [9.17, 15) is 9.18 Å². The molecule has 76 valence electrons. The van der Waals surface area contributed by atoms with Crippen molar-refractivity contribution in [1.29, 1.82) is 0 Å². The van der Waals surface area contributed by atoms with Crippen molar-refractivity contribution in [3.63, 3.8) is 0 Å². The van der Waals surface area contributed by atoms with Gasteiger partial charge in [-0.05, 0) is 12.5 Å². The van der Waals surface area contributed by atoms with Gasteiger partial charge in [-0.3, -0.25) is 9.78 Å². The molecule has 0 radical (unpaired) electrons. The molecule has 1 aromatic rings. The third kappa shape index (κ3) is 3.10. The van der Waals surface area contributed by atoms with Gasteiger partial charge in [-0.2, -0.15) is 0 Å². The summed E-state index contributed by atoms with van der Waals surface area (Å²) >= 11 is 0. The number of aliphatic hydroxyl groups excluding tert-OH is 1. The lowest BCUT2D eigenvalue weighted by Crippen LogP contribution is -2.12. The second-order valence-electron chi connectivity index (χ2n) is 2.73. The molecule has 0 aromatic carbocycles. The van der Waals surface area contributed by atoms with E-state index in [1.807, 2.05) is 0 Å². The van der Waals surface area contributed by atoms with Gasteiger partial charge in [0.1, 0.15) is 0 Å². The highest BCUT2D eigenvalue weighted by molar-refractivity contribution is 5.90. The summed E-state index contributed by atoms with van der Waals surface area (Å²) in [5, 5.41) is 10.9. The summed E-state index contributed by atoms with van der Waals surface area (Å²) in [6.07, 6.45) is 2.98. The van der Waals surface area contributed by atoms with Gasteiger partial charge in [-0.15, -0.1) is 0 Å². The van der Waals surface area contributed by atoms with Gasteiger partial charge in [-0.1, -0.05) is 0 Å². The maximum absolute atomic E-state index is 12.9. The molecule has 0 atom stereocenters. The van der Waals surface area contributed by atoms with Crippen LogP contribution in [0.4, 0.5) is 10.1 Å². The number of aromatic nitrogens is 1. The number of hydrogen-bond donors (Lipinski definition) is 2. The van der Waals surface area contributed by atoms with Crippen molar-refractivity contribution in [3.05, 3.63) is 24.3 Å². The molecular weight excluding hydrogens is 187 g/mol. The fraction of sp³-hybridized carbons (Fsp3) is 0.333. The molecule has 0 fully saturated rings. The van der Waals surface area contributed by atoms with Crippen molar-refractivity contribution in [3.8, 4) is 0 Å². The lowest BCUT2D eigenvalue weighted by Gasteiger charge is -2.04. The minimum Gasteiger partial charge on any atom is -0.396 e. The predicted octanol–water partition coefficient (Wildman–Crippen LogP) is 0.932. The van der Waals surface area contributed by atoms with Crippen LogP contribution >= 0.6 is 0 Å². The summed E-state index contributed by atoms with van der Waals surface area (Å²) in [5.74, 6) is -0.881. The lowest BCUT2D eigenvalue weighted by molar-refractivity contribution is -0.116. The average Bonchev–Trinajstić information content (AvgIpc) is 2.18. The molecule has 1 rings (SSSR count). The van der Waals surface area contributed by atoms with Crippen LogP contribution in [0, 0.1) is 5.82 Å². The molecule has 1 heterocycles. The number of rotatable bonds is 4. The predicted molar refractivity (Wildman–Crippen MR) is 49.1 cm³/mol. The molecule has 14 heavy (non-hydrogen) atoms. The Morgan fingerprint density at radius 3 is 3.07 bits per heavy atom. The number of carbonyl (C=O) groups excluding carboxylic acids is 1. The molecule has 0 saturated carbocycles. The molecule has 5 heteroatoms. The second kappa shape index (κ2) is 5.29. The van der Waals surface area contributed by atoms with E-state index in [2.05, 4.69) is 10.3 Å². The molecule has 1 aromatic heterocycles. The van der Waals surface area contributed by atoms with Gasteiger partial charge < -0.3 is 10.4 Å². The zero-order valence-electron chi connectivity index (χ0n) is 7.53. The molecule has 4 nitrogen and oxygen atoms in total. The SMILES string of the molecule is O=C(CCCO)Nc1ccncc1F. The molecule has 1 amide bonds. The second-order valence-corrected chi connectivity index (χ2v) is 2.73. The first kappa shape index (κ1) is 10.6. The number of amides is 1. The number of halogens is 1. The topological polar surface area (TPSA) is 62.2 Å². The van der Waals surface area contributed by atoms with E-state index in [4.69, 9.17) is 5.11 Å². The normalized spacial score (nSPS) is 9.86. The zero-order valence-corrected chi connectivity index (χ0v) is 7.53. The minimum atomic E-state index is -0.565. The fourth-order valence-electron chi connectivity index (χ4n) is 0.929. The van der Waals surface area contributed by atoms with Crippen LogP contribution < -0.4 is 5.32 Å². The van der Waals surface area contributed by atoms with Crippen molar-refractivity contribution in [2.45, 2.75) is 12.8 Å². The van der Waals surface area contributed by atoms with E-state index >= 15 is 0 Å². The molecule has 0 bridgehead atoms. The van der Waals surface area contributed by atoms with E-state index in [0.717, 1.165) is 6.20 Å². The highest BCUT2D eigenvalue weighted by atomic mass is 19.1. The van der Waals surface area contributed by atoms with Crippen LogP contribution in [0.1, 0.15) is 12.8 Å². The van der Waals surface area contributed by atoms with Crippen LogP contribution in [0.15, 0.2) is 18.5 Å². The first-order valence-electron chi connectivity index (χ1n) is 4.24. The lowest BCUT2D eigenvalue weighted by atomic mass is 10.3. The molecular formula is C9H11FN2O2. The third-order valence-electron chi connectivity index (χ3n) is 1.61. The molecule has 2 N–H and O–H groups in total. The first-order valence-corrected chi connectivity index (χ1v) is 4.24. The van der Waals surface area contributed by atoms with Crippen molar-refractivity contribution < 1.29 is 14.3 Å². The zero-order chi connectivity index (χ0) is 10.4. The summed E-state index contributed by atoms with van der Waals surface area (Å²) < 4.78 is 12.9. The Kier molecular flexibility index (Phi) is 4.00. The monoisotopic (exact) mass is 198 g/mol. The summed E-state index contributed by atoms with van der Waals surface area (Å²) in [6, 6.07) is 1.38. The number of nitrogens with zero attached hydrogens (tertiary/aromatic N) is 1. The van der Waals surface area contributed by atoms with E-state index < -0.39 is 5.82 Å². The Morgan fingerprint density at radius 1 is 1.64 bits per heavy atom. The minimum absolute atomic E-state index is 0.0494. The molecule has 0 saturated heterocycles. The van der Waals surface area contributed by atoms with Crippen LogP contribution in [-0.2, 0) is 4.79 Å². The van der Waals surface area contributed by atoms with Crippen LogP contribution in [0.3, 0.4) is 0 Å². The van der Waals surface area contributed by atoms with Gasteiger partial charge in [0.05, 0.1) is 11.9 Å². The average molecular weight is 198 g/mol. The standard InChI is InChI=1S/C9H11FN2O2/c10-7-6-11-4-3-8(7)12-9(14)2-1-5-13/h3-4,6,13H,1-2,5H2,(H,11,12,14). The fourth-order valence-corrected chi connectivity index (χ4v) is 0.929. The van der Waals surface area contributed by atoms with Crippen molar-refractivity contribution in [1.82, 2.24) is 4.98 Å². The maximum Gasteiger partial charge on any atom is 0.224 e. The Balaban J connectivity index is 2.52. The van der Waals surface area contributed by atoms with Crippen molar-refractivity contribution in [2.75, 3.05) is 11.9 Å². The highest BCUT2D eigenvalue weighted by Gasteiger charge is 2.05. The van der Waals surface area contributed by atoms with Crippen LogP contribution in [0.2, 0.25) is 0 Å². The molecule has 0 spiro atoms. The third-order valence-corrected chi connectivity index (χ3v) is 1.61. The number of nitrogens with one attached hydrogen (secondary N) is 1. The summed E-state index contributed by atoms with van der Waals surface area (Å²) in [4.78, 5) is 14.7. The van der Waals surface area contributed by atoms with Gasteiger partial charge in [0.2, 0.25) is 5.91 Å². The Labute approximate surface area is 80.8 Å². The number of carbonyl (C=O) groups is 1. The quantitative estimate of drug-likeness (QED) is 0.756. The van der Waals surface area contributed by atoms with Gasteiger partial charge in [0, 0.05) is 19.2 Å². The van der Waals surface area contributed by atoms with E-state index in [1.165, 1.54) is 12.3 Å². The number of pyridine rings is 1. The van der Waals surface area contributed by atoms with Crippen LogP contribution in [-0.4, -0.2) is 22.6 Å². The Hall–Kier alpha value is -1.49. The number of anilines is 1. The summed E-state index contributed by atoms with van der Waals surface area (Å²) in [5.41, 5.74) is 0.114. The molecule has 0 aliphatic heterocycles. The van der Waals surface area contributed by atoms with Gasteiger partial charge in [0.25, 0.3) is 0 Å².